The Kier molecular flexibility index (Phi) is 4.71. The van der Waals surface area contributed by atoms with Gasteiger partial charge in [0, 0.05) is 12.6 Å². The number of aliphatic hydroxyl groups excluding tert-OH is 1. The van der Waals surface area contributed by atoms with E-state index in [1.807, 2.05) is 0 Å². The maximum Gasteiger partial charge on any atom is 0.254 e. The molecule has 0 radical (unpaired) electrons. The van der Waals surface area contributed by atoms with Gasteiger partial charge in [0.1, 0.15) is 0 Å². The lowest BCUT2D eigenvalue weighted by Crippen LogP contribution is -2.33. The van der Waals surface area contributed by atoms with Crippen LogP contribution in [0.3, 0.4) is 0 Å². The summed E-state index contributed by atoms with van der Waals surface area (Å²) in [5, 5.41) is 11.2. The predicted molar refractivity (Wildman–Crippen MR) is 60.0 cm³/mol. The average molecular weight is 246 g/mol. The molecule has 3 nitrogen and oxygen atoms in total. The minimum atomic E-state index is -0.724. The zero-order valence-corrected chi connectivity index (χ0v) is 9.59. The van der Waals surface area contributed by atoms with Crippen molar-refractivity contribution in [3.8, 4) is 0 Å². The third-order valence-electron chi connectivity index (χ3n) is 2.14. The van der Waals surface area contributed by atoms with E-state index in [0.717, 1.165) is 0 Å². The number of carbonyl (C=O) groups excluding carboxylic acids is 1. The van der Waals surface area contributed by atoms with Crippen LogP contribution in [0.25, 0.3) is 0 Å². The summed E-state index contributed by atoms with van der Waals surface area (Å²) in [7, 11) is 0. The molecule has 5 heteroatoms. The van der Waals surface area contributed by atoms with Gasteiger partial charge in [-0.3, -0.25) is 4.79 Å². The average Bonchev–Trinajstić information content (AvgIpc) is 2.22. The summed E-state index contributed by atoms with van der Waals surface area (Å²) in [6, 6.07) is 4.04. The summed E-state index contributed by atoms with van der Waals surface area (Å²) >= 11 is 5.56. The number of carbonyl (C=O) groups is 1. The lowest BCUT2D eigenvalue weighted by atomic mass is 10.1. The lowest BCUT2D eigenvalue weighted by molar-refractivity contribution is 0.0930. The van der Waals surface area contributed by atoms with Crippen LogP contribution in [0.5, 0.6) is 0 Å². The molecule has 0 aliphatic carbocycles. The molecule has 16 heavy (non-hydrogen) atoms. The van der Waals surface area contributed by atoms with Gasteiger partial charge in [0.15, 0.2) is 5.82 Å². The second-order valence-electron chi connectivity index (χ2n) is 3.49. The van der Waals surface area contributed by atoms with Gasteiger partial charge < -0.3 is 10.4 Å². The van der Waals surface area contributed by atoms with Crippen LogP contribution in [0.4, 0.5) is 4.39 Å². The van der Waals surface area contributed by atoms with Gasteiger partial charge in [-0.05, 0) is 25.5 Å². The highest BCUT2D eigenvalue weighted by atomic mass is 35.5. The maximum atomic E-state index is 13.4. The first kappa shape index (κ1) is 12.9. The van der Waals surface area contributed by atoms with Crippen molar-refractivity contribution in [3.63, 3.8) is 0 Å². The molecule has 88 valence electrons. The molecule has 0 aliphatic heterocycles. The van der Waals surface area contributed by atoms with E-state index in [1.165, 1.54) is 18.2 Å². The van der Waals surface area contributed by atoms with Crippen LogP contribution < -0.4 is 5.32 Å². The van der Waals surface area contributed by atoms with Crippen molar-refractivity contribution < 1.29 is 14.3 Å². The Morgan fingerprint density at radius 3 is 2.94 bits per heavy atom. The monoisotopic (exact) mass is 245 g/mol. The number of aliphatic hydroxyl groups is 1. The number of halogens is 2. The minimum absolute atomic E-state index is 0.0283. The van der Waals surface area contributed by atoms with E-state index in [4.69, 9.17) is 16.7 Å². The highest BCUT2D eigenvalue weighted by Crippen LogP contribution is 2.17. The highest BCUT2D eigenvalue weighted by Gasteiger charge is 2.15. The summed E-state index contributed by atoms with van der Waals surface area (Å²) in [5.74, 6) is -1.25. The Balaban J connectivity index is 2.77. The SMILES string of the molecule is CC(CCO)NC(=O)c1cccc(Cl)c1F. The van der Waals surface area contributed by atoms with E-state index in [0.29, 0.717) is 6.42 Å². The normalized spacial score (nSPS) is 12.2. The van der Waals surface area contributed by atoms with Crippen molar-refractivity contribution in [3.05, 3.63) is 34.6 Å². The summed E-state index contributed by atoms with van der Waals surface area (Å²) < 4.78 is 13.4. The summed E-state index contributed by atoms with van der Waals surface area (Å²) in [5.41, 5.74) is -0.0858. The number of benzene rings is 1. The predicted octanol–water partition coefficient (Wildman–Crippen LogP) is 1.98. The van der Waals surface area contributed by atoms with E-state index < -0.39 is 11.7 Å². The van der Waals surface area contributed by atoms with Crippen molar-refractivity contribution in [2.24, 2.45) is 0 Å². The molecule has 0 heterocycles. The second-order valence-corrected chi connectivity index (χ2v) is 3.90. The van der Waals surface area contributed by atoms with Crippen LogP contribution in [0.1, 0.15) is 23.7 Å². The largest absolute Gasteiger partial charge is 0.396 e. The Morgan fingerprint density at radius 1 is 1.62 bits per heavy atom. The molecular formula is C11H13ClFNO2. The van der Waals surface area contributed by atoms with Gasteiger partial charge in [-0.15, -0.1) is 0 Å². The lowest BCUT2D eigenvalue weighted by Gasteiger charge is -2.12. The molecule has 0 aliphatic rings. The van der Waals surface area contributed by atoms with Gasteiger partial charge in [-0.1, -0.05) is 17.7 Å². The molecule has 1 aromatic rings. The van der Waals surface area contributed by atoms with Gasteiger partial charge in [0.05, 0.1) is 10.6 Å². The summed E-state index contributed by atoms with van der Waals surface area (Å²) in [4.78, 5) is 11.6. The van der Waals surface area contributed by atoms with E-state index in [2.05, 4.69) is 5.32 Å². The minimum Gasteiger partial charge on any atom is -0.396 e. The second kappa shape index (κ2) is 5.82. The molecule has 1 aromatic carbocycles. The van der Waals surface area contributed by atoms with E-state index in [9.17, 15) is 9.18 Å². The number of nitrogens with one attached hydrogen (secondary N) is 1. The molecule has 1 atom stereocenters. The topological polar surface area (TPSA) is 49.3 Å². The quantitative estimate of drug-likeness (QED) is 0.852. The third-order valence-corrected chi connectivity index (χ3v) is 2.43. The number of rotatable bonds is 4. The number of amides is 1. The van der Waals surface area contributed by atoms with Gasteiger partial charge in [-0.2, -0.15) is 0 Å². The van der Waals surface area contributed by atoms with Crippen LogP contribution in [0, 0.1) is 5.82 Å². The van der Waals surface area contributed by atoms with E-state index in [-0.39, 0.29) is 23.2 Å². The van der Waals surface area contributed by atoms with E-state index in [1.54, 1.807) is 6.92 Å². The first-order valence-corrected chi connectivity index (χ1v) is 5.29. The molecule has 0 saturated heterocycles. The zero-order valence-electron chi connectivity index (χ0n) is 8.84. The molecule has 0 spiro atoms. The first-order chi connectivity index (χ1) is 7.56. The van der Waals surface area contributed by atoms with Crippen molar-refractivity contribution in [2.45, 2.75) is 19.4 Å². The van der Waals surface area contributed by atoms with Gasteiger partial charge in [0.2, 0.25) is 0 Å². The van der Waals surface area contributed by atoms with Crippen LogP contribution in [0.2, 0.25) is 5.02 Å². The van der Waals surface area contributed by atoms with Crippen LogP contribution in [-0.2, 0) is 0 Å². The third kappa shape index (κ3) is 3.18. The van der Waals surface area contributed by atoms with Crippen molar-refractivity contribution >= 4 is 17.5 Å². The zero-order chi connectivity index (χ0) is 12.1. The molecular weight excluding hydrogens is 233 g/mol. The van der Waals surface area contributed by atoms with Gasteiger partial charge >= 0.3 is 0 Å². The van der Waals surface area contributed by atoms with Crippen molar-refractivity contribution in [2.75, 3.05) is 6.61 Å². The molecule has 0 fully saturated rings. The summed E-state index contributed by atoms with van der Waals surface area (Å²) in [6.07, 6.45) is 0.425. The first-order valence-electron chi connectivity index (χ1n) is 4.92. The van der Waals surface area contributed by atoms with E-state index >= 15 is 0 Å². The number of hydrogen-bond acceptors (Lipinski definition) is 2. The standard InChI is InChI=1S/C11H13ClFNO2/c1-7(5-6-15)14-11(16)8-3-2-4-9(12)10(8)13/h2-4,7,15H,5-6H2,1H3,(H,14,16). The Morgan fingerprint density at radius 2 is 2.31 bits per heavy atom. The Bertz CT molecular complexity index is 384. The maximum absolute atomic E-state index is 13.4. The fraction of sp³-hybridized carbons (Fsp3) is 0.364. The molecule has 0 aromatic heterocycles. The number of hydrogen-bond donors (Lipinski definition) is 2. The molecule has 1 unspecified atom stereocenters. The van der Waals surface area contributed by atoms with Gasteiger partial charge in [-0.25, -0.2) is 4.39 Å². The molecule has 1 amide bonds. The molecule has 0 bridgehead atoms. The molecule has 1 rings (SSSR count). The fourth-order valence-corrected chi connectivity index (χ4v) is 1.42. The van der Waals surface area contributed by atoms with Crippen LogP contribution in [-0.4, -0.2) is 23.7 Å². The smallest absolute Gasteiger partial charge is 0.254 e. The van der Waals surface area contributed by atoms with Crippen LogP contribution in [0.15, 0.2) is 18.2 Å². The van der Waals surface area contributed by atoms with Gasteiger partial charge in [0.25, 0.3) is 5.91 Å². The Hall–Kier alpha value is -1.13. The summed E-state index contributed by atoms with van der Waals surface area (Å²) in [6.45, 7) is 1.70. The van der Waals surface area contributed by atoms with Crippen molar-refractivity contribution in [1.82, 2.24) is 5.32 Å². The molecule has 2 N–H and O–H groups in total. The van der Waals surface area contributed by atoms with Crippen LogP contribution >= 0.6 is 11.6 Å². The Labute approximate surface area is 98.2 Å². The molecule has 0 saturated carbocycles. The highest BCUT2D eigenvalue weighted by molar-refractivity contribution is 6.31. The van der Waals surface area contributed by atoms with Crippen molar-refractivity contribution in [1.29, 1.82) is 0 Å². The fourth-order valence-electron chi connectivity index (χ4n) is 1.25.